The number of carboxylic acid groups (broad SMARTS) is 1. The summed E-state index contributed by atoms with van der Waals surface area (Å²) >= 11 is 0. The van der Waals surface area contributed by atoms with Gasteiger partial charge in [0, 0.05) is 12.5 Å². The molecule has 4 nitrogen and oxygen atoms in total. The summed E-state index contributed by atoms with van der Waals surface area (Å²) in [5, 5.41) is 11.6. The molecule has 0 aromatic carbocycles. The molecule has 1 rings (SSSR count). The molecule has 1 aliphatic carbocycles. The van der Waals surface area contributed by atoms with E-state index in [1.807, 2.05) is 12.2 Å². The minimum atomic E-state index is -0.861. The predicted octanol–water partition coefficient (Wildman–Crippen LogP) is 1.71. The van der Waals surface area contributed by atoms with E-state index in [2.05, 4.69) is 5.32 Å². The van der Waals surface area contributed by atoms with Crippen molar-refractivity contribution < 1.29 is 14.7 Å². The minimum absolute atomic E-state index is 0.0172. The summed E-state index contributed by atoms with van der Waals surface area (Å²) in [7, 11) is 0. The molecular formula is C12H19NO3. The summed E-state index contributed by atoms with van der Waals surface area (Å²) in [6.07, 6.45) is 6.13. The van der Waals surface area contributed by atoms with Gasteiger partial charge in [0.1, 0.15) is 0 Å². The van der Waals surface area contributed by atoms with Gasteiger partial charge in [-0.1, -0.05) is 26.0 Å². The van der Waals surface area contributed by atoms with Crippen molar-refractivity contribution in [1.29, 1.82) is 0 Å². The average molecular weight is 225 g/mol. The minimum Gasteiger partial charge on any atom is -0.481 e. The van der Waals surface area contributed by atoms with Crippen LogP contribution in [0.3, 0.4) is 0 Å². The van der Waals surface area contributed by atoms with Gasteiger partial charge in [0.15, 0.2) is 0 Å². The third-order valence-corrected chi connectivity index (χ3v) is 2.64. The fourth-order valence-corrected chi connectivity index (χ4v) is 1.92. The monoisotopic (exact) mass is 225 g/mol. The van der Waals surface area contributed by atoms with Gasteiger partial charge in [0.25, 0.3) is 0 Å². The molecule has 0 radical (unpaired) electrons. The van der Waals surface area contributed by atoms with E-state index in [9.17, 15) is 9.59 Å². The molecule has 0 saturated carbocycles. The van der Waals surface area contributed by atoms with Gasteiger partial charge < -0.3 is 10.4 Å². The quantitative estimate of drug-likeness (QED) is 0.700. The zero-order valence-corrected chi connectivity index (χ0v) is 9.82. The van der Waals surface area contributed by atoms with E-state index in [0.29, 0.717) is 0 Å². The summed E-state index contributed by atoms with van der Waals surface area (Å²) in [6, 6.07) is 0.202. The van der Waals surface area contributed by atoms with Crippen LogP contribution >= 0.6 is 0 Å². The highest BCUT2D eigenvalue weighted by Crippen LogP contribution is 2.25. The van der Waals surface area contributed by atoms with E-state index >= 15 is 0 Å². The lowest BCUT2D eigenvalue weighted by Gasteiger charge is -2.22. The number of hydrogen-bond acceptors (Lipinski definition) is 2. The largest absolute Gasteiger partial charge is 0.481 e. The van der Waals surface area contributed by atoms with Crippen LogP contribution in [0.2, 0.25) is 0 Å². The molecule has 0 aliphatic heterocycles. The van der Waals surface area contributed by atoms with Gasteiger partial charge in [-0.2, -0.15) is 0 Å². The van der Waals surface area contributed by atoms with Gasteiger partial charge >= 0.3 is 5.97 Å². The Hall–Kier alpha value is -1.32. The molecule has 0 aromatic heterocycles. The van der Waals surface area contributed by atoms with Crippen LogP contribution in [0, 0.1) is 5.41 Å². The number of carbonyl (C=O) groups excluding carboxylic acids is 1. The molecule has 2 N–H and O–H groups in total. The van der Waals surface area contributed by atoms with Crippen LogP contribution < -0.4 is 5.32 Å². The molecule has 0 spiro atoms. The second-order valence-corrected chi connectivity index (χ2v) is 5.12. The van der Waals surface area contributed by atoms with E-state index in [4.69, 9.17) is 5.11 Å². The van der Waals surface area contributed by atoms with Gasteiger partial charge in [-0.25, -0.2) is 0 Å². The highest BCUT2D eigenvalue weighted by Gasteiger charge is 2.26. The average Bonchev–Trinajstić information content (AvgIpc) is 2.51. The summed E-state index contributed by atoms with van der Waals surface area (Å²) < 4.78 is 0. The van der Waals surface area contributed by atoms with Crippen molar-refractivity contribution >= 4 is 11.9 Å². The van der Waals surface area contributed by atoms with Crippen LogP contribution in [-0.2, 0) is 9.59 Å². The fraction of sp³-hybridized carbons (Fsp3) is 0.667. The van der Waals surface area contributed by atoms with Gasteiger partial charge in [-0.05, 0) is 18.3 Å². The molecule has 4 heteroatoms. The zero-order chi connectivity index (χ0) is 12.2. The summed E-state index contributed by atoms with van der Waals surface area (Å²) in [5.41, 5.74) is -0.484. The SMILES string of the molecule is CC(C)(CC(=O)O)CC(=O)NC1CC=CC1. The van der Waals surface area contributed by atoms with Crippen molar-refractivity contribution in [2.45, 2.75) is 45.6 Å². The van der Waals surface area contributed by atoms with Crippen molar-refractivity contribution in [3.63, 3.8) is 0 Å². The maximum absolute atomic E-state index is 11.7. The molecule has 0 fully saturated rings. The molecule has 90 valence electrons. The van der Waals surface area contributed by atoms with Gasteiger partial charge in [0.05, 0.1) is 6.42 Å². The van der Waals surface area contributed by atoms with Gasteiger partial charge in [0.2, 0.25) is 5.91 Å². The molecular weight excluding hydrogens is 206 g/mol. The predicted molar refractivity (Wildman–Crippen MR) is 61.0 cm³/mol. The number of hydrogen-bond donors (Lipinski definition) is 2. The second kappa shape index (κ2) is 5.14. The Balaban J connectivity index is 2.34. The van der Waals surface area contributed by atoms with E-state index in [-0.39, 0.29) is 24.8 Å². The Morgan fingerprint density at radius 3 is 2.38 bits per heavy atom. The van der Waals surface area contributed by atoms with Crippen LogP contribution in [0.1, 0.15) is 39.5 Å². The lowest BCUT2D eigenvalue weighted by atomic mass is 9.85. The third-order valence-electron chi connectivity index (χ3n) is 2.64. The van der Waals surface area contributed by atoms with Gasteiger partial charge in [-0.15, -0.1) is 0 Å². The smallest absolute Gasteiger partial charge is 0.303 e. The van der Waals surface area contributed by atoms with Crippen molar-refractivity contribution in [3.8, 4) is 0 Å². The summed E-state index contributed by atoms with van der Waals surface area (Å²) in [5.74, 6) is -0.916. The maximum atomic E-state index is 11.7. The molecule has 0 saturated heterocycles. The maximum Gasteiger partial charge on any atom is 0.303 e. The Labute approximate surface area is 95.7 Å². The molecule has 1 amide bonds. The highest BCUT2D eigenvalue weighted by molar-refractivity contribution is 5.78. The van der Waals surface area contributed by atoms with Gasteiger partial charge in [-0.3, -0.25) is 9.59 Å². The number of rotatable bonds is 5. The highest BCUT2D eigenvalue weighted by atomic mass is 16.4. The van der Waals surface area contributed by atoms with E-state index in [0.717, 1.165) is 12.8 Å². The first kappa shape index (κ1) is 12.7. The number of carboxylic acids is 1. The molecule has 0 bridgehead atoms. The topological polar surface area (TPSA) is 66.4 Å². The molecule has 0 atom stereocenters. The van der Waals surface area contributed by atoms with Crippen molar-refractivity contribution in [3.05, 3.63) is 12.2 Å². The van der Waals surface area contributed by atoms with Crippen molar-refractivity contribution in [2.24, 2.45) is 5.41 Å². The zero-order valence-electron chi connectivity index (χ0n) is 9.82. The first-order chi connectivity index (χ1) is 7.39. The fourth-order valence-electron chi connectivity index (χ4n) is 1.92. The van der Waals surface area contributed by atoms with Crippen LogP contribution in [0.25, 0.3) is 0 Å². The molecule has 16 heavy (non-hydrogen) atoms. The van der Waals surface area contributed by atoms with Crippen LogP contribution in [0.5, 0.6) is 0 Å². The summed E-state index contributed by atoms with van der Waals surface area (Å²) in [4.78, 5) is 22.3. The number of nitrogens with one attached hydrogen (secondary N) is 1. The Morgan fingerprint density at radius 2 is 1.88 bits per heavy atom. The number of carbonyl (C=O) groups is 2. The molecule has 0 aromatic rings. The molecule has 0 unspecified atom stereocenters. The number of amides is 1. The van der Waals surface area contributed by atoms with Crippen LogP contribution in [-0.4, -0.2) is 23.0 Å². The summed E-state index contributed by atoms with van der Waals surface area (Å²) in [6.45, 7) is 3.60. The van der Waals surface area contributed by atoms with Crippen molar-refractivity contribution in [1.82, 2.24) is 5.32 Å². The third kappa shape index (κ3) is 4.47. The number of aliphatic carboxylic acids is 1. The first-order valence-electron chi connectivity index (χ1n) is 5.55. The molecule has 1 aliphatic rings. The molecule has 0 heterocycles. The van der Waals surface area contributed by atoms with E-state index < -0.39 is 11.4 Å². The lowest BCUT2D eigenvalue weighted by molar-refractivity contribution is -0.139. The Bertz CT molecular complexity index is 299. The normalized spacial score (nSPS) is 16.4. The standard InChI is InChI=1S/C12H19NO3/c1-12(2,8-11(15)16)7-10(14)13-9-5-3-4-6-9/h3-4,9H,5-8H2,1-2H3,(H,13,14)(H,15,16). The Morgan fingerprint density at radius 1 is 1.31 bits per heavy atom. The van der Waals surface area contributed by atoms with Crippen LogP contribution in [0.15, 0.2) is 12.2 Å². The van der Waals surface area contributed by atoms with Crippen molar-refractivity contribution in [2.75, 3.05) is 0 Å². The van der Waals surface area contributed by atoms with E-state index in [1.54, 1.807) is 13.8 Å². The van der Waals surface area contributed by atoms with Crippen LogP contribution in [0.4, 0.5) is 0 Å². The lowest BCUT2D eigenvalue weighted by Crippen LogP contribution is -2.36. The first-order valence-corrected chi connectivity index (χ1v) is 5.55. The Kier molecular flexibility index (Phi) is 4.10. The van der Waals surface area contributed by atoms with E-state index in [1.165, 1.54) is 0 Å². The second-order valence-electron chi connectivity index (χ2n) is 5.12.